The fraction of sp³-hybridized carbons (Fsp3) is 0.0172. The highest BCUT2D eigenvalue weighted by molar-refractivity contribution is 7.26. The van der Waals surface area contributed by atoms with E-state index in [1.165, 1.54) is 15.9 Å². The normalized spacial score (nSPS) is 16.9. The van der Waals surface area contributed by atoms with E-state index in [0.717, 1.165) is 20.2 Å². The zero-order chi connectivity index (χ0) is 57.2. The molecule has 12 aromatic rings. The molecule has 3 aromatic heterocycles. The Kier molecular flexibility index (Phi) is 4.94. The third-order valence-electron chi connectivity index (χ3n) is 11.8. The number of rotatable bonds is 6. The zero-order valence-electron chi connectivity index (χ0n) is 50.6. The molecule has 1 aliphatic carbocycles. The summed E-state index contributed by atoms with van der Waals surface area (Å²) in [5.74, 6) is 0.157. The van der Waals surface area contributed by atoms with E-state index in [1.54, 1.807) is 66.7 Å². The van der Waals surface area contributed by atoms with Crippen LogP contribution in [0.5, 0.6) is 0 Å². The van der Waals surface area contributed by atoms with Gasteiger partial charge >= 0.3 is 0 Å². The highest BCUT2D eigenvalue weighted by Gasteiger charge is 2.47. The van der Waals surface area contributed by atoms with E-state index < -0.39 is 114 Å². The van der Waals surface area contributed by atoms with Gasteiger partial charge in [0.15, 0.2) is 17.5 Å². The molecule has 1 aliphatic rings. The van der Waals surface area contributed by atoms with Crippen LogP contribution in [-0.4, -0.2) is 19.5 Å². The molecule has 5 heteroatoms. The minimum Gasteiger partial charge on any atom is -0.309 e. The van der Waals surface area contributed by atoms with Crippen LogP contribution in [0.2, 0.25) is 0 Å². The molecule has 0 N–H and O–H groups in total. The molecule has 13 rings (SSSR count). The first-order chi connectivity index (χ1) is 38.7. The van der Waals surface area contributed by atoms with Crippen molar-refractivity contribution in [3.8, 4) is 51.0 Å². The Balaban J connectivity index is 1.18. The number of aromatic nitrogens is 4. The summed E-state index contributed by atoms with van der Waals surface area (Å²) in [5, 5.41) is 1.62. The molecule has 0 unspecified atom stereocenters. The molecular formula is C58H36N4S. The zero-order valence-corrected chi connectivity index (χ0v) is 33.4. The second-order valence-corrected chi connectivity index (χ2v) is 16.0. The Labute approximate surface area is 393 Å². The minimum atomic E-state index is -2.19. The maximum atomic E-state index is 9.55. The van der Waals surface area contributed by atoms with Crippen molar-refractivity contribution in [2.24, 2.45) is 0 Å². The molecule has 0 radical (unpaired) electrons. The van der Waals surface area contributed by atoms with E-state index in [4.69, 9.17) is 31.4 Å². The molecule has 0 amide bonds. The monoisotopic (exact) mass is 838 g/mol. The van der Waals surface area contributed by atoms with E-state index in [2.05, 4.69) is 0 Å². The lowest BCUT2D eigenvalue weighted by Crippen LogP contribution is -2.28. The Bertz CT molecular complexity index is 4640. The van der Waals surface area contributed by atoms with Gasteiger partial charge in [-0.25, -0.2) is 15.0 Å². The van der Waals surface area contributed by atoms with Gasteiger partial charge in [-0.3, -0.25) is 0 Å². The Morgan fingerprint density at radius 1 is 0.413 bits per heavy atom. The Morgan fingerprint density at radius 2 is 0.921 bits per heavy atom. The second-order valence-electron chi connectivity index (χ2n) is 14.9. The van der Waals surface area contributed by atoms with Gasteiger partial charge in [0.05, 0.1) is 46.8 Å². The SMILES string of the molecule is [2H]c1c([2H])c([2H])c(C2(c3c([2H])c([2H])c([2H])c([2H])c3[2H])c3ccccc3-c3c(-c4nc(-c5ccccc5-n5c6c([2H])c([2H])c([2H])c([2H])c6c6c([2H])c([2H])c([2H])c([2H])c65)nc(-c5cccc6c5sc5ccccc56)n4)cccc32)c([2H])c1[2H]. The number of benzene rings is 9. The summed E-state index contributed by atoms with van der Waals surface area (Å²) in [6.07, 6.45) is 0. The molecule has 4 nitrogen and oxygen atoms in total. The van der Waals surface area contributed by atoms with E-state index in [9.17, 15) is 8.22 Å². The summed E-state index contributed by atoms with van der Waals surface area (Å²) in [6, 6.07) is 20.6. The van der Waals surface area contributed by atoms with Gasteiger partial charge in [-0.2, -0.15) is 0 Å². The molecule has 0 bridgehead atoms. The van der Waals surface area contributed by atoms with E-state index in [1.807, 2.05) is 42.5 Å². The van der Waals surface area contributed by atoms with Crippen LogP contribution < -0.4 is 0 Å². The fourth-order valence-corrected chi connectivity index (χ4v) is 10.4. The average molecular weight is 839 g/mol. The molecule has 0 spiro atoms. The lowest BCUT2D eigenvalue weighted by atomic mass is 9.67. The Morgan fingerprint density at radius 3 is 1.65 bits per heavy atom. The van der Waals surface area contributed by atoms with Crippen molar-refractivity contribution in [2.75, 3.05) is 0 Å². The summed E-state index contributed by atoms with van der Waals surface area (Å²) >= 11 is 1.51. The number of hydrogen-bond acceptors (Lipinski definition) is 4. The third kappa shape index (κ3) is 5.24. The highest BCUT2D eigenvalue weighted by atomic mass is 32.1. The molecular weight excluding hydrogens is 785 g/mol. The third-order valence-corrected chi connectivity index (χ3v) is 13.0. The van der Waals surface area contributed by atoms with Crippen molar-refractivity contribution in [3.63, 3.8) is 0 Å². The van der Waals surface area contributed by atoms with Crippen LogP contribution in [-0.2, 0) is 5.41 Å². The lowest BCUT2D eigenvalue weighted by molar-refractivity contribution is 0.768. The van der Waals surface area contributed by atoms with Crippen molar-refractivity contribution in [1.29, 1.82) is 0 Å². The van der Waals surface area contributed by atoms with Crippen LogP contribution in [0.25, 0.3) is 93.0 Å². The van der Waals surface area contributed by atoms with Gasteiger partial charge in [-0.05, 0) is 69.7 Å². The lowest BCUT2D eigenvalue weighted by Gasteiger charge is -2.33. The topological polar surface area (TPSA) is 43.6 Å². The molecule has 0 atom stereocenters. The van der Waals surface area contributed by atoms with E-state index in [-0.39, 0.29) is 78.3 Å². The van der Waals surface area contributed by atoms with Gasteiger partial charge in [-0.15, -0.1) is 11.3 Å². The standard InChI is InChI=1S/C58H36N4S/c1-3-19-37(20-4-1)58(38-21-5-2-6-22-38)47-31-12-7-26-43(47)53-45(29-18-32-48(53)58)56-59-55(60-57(61-56)46-30-17-28-42-41-25-11-16-36-52(41)63-54(42)46)44-27-10-15-35-51(44)62-49-33-13-8-23-39(49)40-24-9-14-34-50(40)62/h1-36H/i1D,2D,3D,4D,5D,6D,8D,9D,13D,14D,19D,20D,21D,22D,23D,24D,33D,34D. The molecule has 294 valence electrons. The first-order valence-electron chi connectivity index (χ1n) is 28.9. The fourth-order valence-electron chi connectivity index (χ4n) is 9.23. The molecule has 3 heterocycles. The minimum absolute atomic E-state index is 0.00762. The summed E-state index contributed by atoms with van der Waals surface area (Å²) < 4.78 is 166. The number of fused-ring (bicyclic) bond motifs is 9. The predicted octanol–water partition coefficient (Wildman–Crippen LogP) is 14.7. The molecule has 0 fully saturated rings. The second kappa shape index (κ2) is 14.0. The van der Waals surface area contributed by atoms with Crippen LogP contribution in [0.1, 0.15) is 46.9 Å². The molecule has 9 aromatic carbocycles. The van der Waals surface area contributed by atoms with Gasteiger partial charge in [0.25, 0.3) is 0 Å². The van der Waals surface area contributed by atoms with Crippen LogP contribution >= 0.6 is 11.3 Å². The first kappa shape index (κ1) is 22.2. The summed E-state index contributed by atoms with van der Waals surface area (Å²) in [5.41, 5.74) is -0.766. The summed E-state index contributed by atoms with van der Waals surface area (Å²) in [6.45, 7) is 0. The maximum Gasteiger partial charge on any atom is 0.166 e. The molecule has 0 saturated carbocycles. The maximum absolute atomic E-state index is 9.55. The number of nitrogens with zero attached hydrogens (tertiary/aromatic N) is 4. The van der Waals surface area contributed by atoms with Crippen molar-refractivity contribution in [3.05, 3.63) is 240 Å². The summed E-state index contributed by atoms with van der Waals surface area (Å²) in [4.78, 5) is 15.7. The quantitative estimate of drug-likeness (QED) is 0.168. The van der Waals surface area contributed by atoms with Gasteiger partial charge in [0.2, 0.25) is 0 Å². The van der Waals surface area contributed by atoms with Gasteiger partial charge in [-0.1, -0.05) is 182 Å². The van der Waals surface area contributed by atoms with Crippen LogP contribution in [0.4, 0.5) is 0 Å². The van der Waals surface area contributed by atoms with E-state index in [0.29, 0.717) is 16.7 Å². The highest BCUT2D eigenvalue weighted by Crippen LogP contribution is 2.58. The van der Waals surface area contributed by atoms with Crippen LogP contribution in [0.3, 0.4) is 0 Å². The van der Waals surface area contributed by atoms with Gasteiger partial charge in [0, 0.05) is 47.6 Å². The first-order valence-corrected chi connectivity index (χ1v) is 20.7. The largest absolute Gasteiger partial charge is 0.309 e. The van der Waals surface area contributed by atoms with Gasteiger partial charge in [0.1, 0.15) is 0 Å². The molecule has 0 saturated heterocycles. The number of thiophene rings is 1. The van der Waals surface area contributed by atoms with E-state index >= 15 is 0 Å². The van der Waals surface area contributed by atoms with Crippen LogP contribution in [0.15, 0.2) is 218 Å². The predicted molar refractivity (Wildman–Crippen MR) is 261 cm³/mol. The van der Waals surface area contributed by atoms with Crippen molar-refractivity contribution < 1.29 is 24.7 Å². The summed E-state index contributed by atoms with van der Waals surface area (Å²) in [7, 11) is 0. The Hall–Kier alpha value is -7.99. The van der Waals surface area contributed by atoms with Crippen molar-refractivity contribution in [1.82, 2.24) is 19.5 Å². The molecule has 0 aliphatic heterocycles. The van der Waals surface area contributed by atoms with Crippen LogP contribution in [0, 0.1) is 0 Å². The van der Waals surface area contributed by atoms with Gasteiger partial charge < -0.3 is 4.57 Å². The number of hydrogen-bond donors (Lipinski definition) is 0. The molecule has 63 heavy (non-hydrogen) atoms. The smallest absolute Gasteiger partial charge is 0.166 e. The number of para-hydroxylation sites is 3. The average Bonchev–Trinajstić information content (AvgIpc) is 2.06. The van der Waals surface area contributed by atoms with Crippen molar-refractivity contribution >= 4 is 53.3 Å². The van der Waals surface area contributed by atoms with Crippen molar-refractivity contribution in [2.45, 2.75) is 5.41 Å².